The van der Waals surface area contributed by atoms with Crippen LogP contribution in [0.1, 0.15) is 24.1 Å². The summed E-state index contributed by atoms with van der Waals surface area (Å²) in [6, 6.07) is 8.89. The lowest BCUT2D eigenvalue weighted by Crippen LogP contribution is -2.26. The van der Waals surface area contributed by atoms with Gasteiger partial charge in [0.2, 0.25) is 11.8 Å². The first kappa shape index (κ1) is 17.7. The minimum atomic E-state index is -0.366. The molecule has 0 bridgehead atoms. The van der Waals surface area contributed by atoms with Crippen LogP contribution < -0.4 is 15.6 Å². The molecule has 0 saturated heterocycles. The molecule has 0 radical (unpaired) electrons. The van der Waals surface area contributed by atoms with Crippen LogP contribution in [0, 0.1) is 11.3 Å². The van der Waals surface area contributed by atoms with Crippen molar-refractivity contribution in [2.24, 2.45) is 7.05 Å². The van der Waals surface area contributed by atoms with Gasteiger partial charge in [-0.3, -0.25) is 4.79 Å². The molecule has 0 aliphatic heterocycles. The van der Waals surface area contributed by atoms with Crippen LogP contribution in [-0.2, 0) is 7.05 Å². The van der Waals surface area contributed by atoms with Crippen molar-refractivity contribution < 1.29 is 4.74 Å². The summed E-state index contributed by atoms with van der Waals surface area (Å²) in [5.41, 5.74) is 1.31. The summed E-state index contributed by atoms with van der Waals surface area (Å²) in [4.78, 5) is 21.0. The molecule has 0 aliphatic carbocycles. The van der Waals surface area contributed by atoms with Crippen molar-refractivity contribution in [3.8, 4) is 11.9 Å². The minimum absolute atomic E-state index is 0.161. The van der Waals surface area contributed by atoms with Crippen molar-refractivity contribution in [1.82, 2.24) is 14.5 Å². The molecule has 26 heavy (non-hydrogen) atoms. The fraction of sp³-hybridized carbons (Fsp3) is 0.222. The zero-order valence-electron chi connectivity index (χ0n) is 14.4. The lowest BCUT2D eigenvalue weighted by molar-refractivity contribution is 0.396. The summed E-state index contributed by atoms with van der Waals surface area (Å²) < 4.78 is 6.62. The Morgan fingerprint density at radius 1 is 1.42 bits per heavy atom. The number of rotatable bonds is 4. The van der Waals surface area contributed by atoms with Gasteiger partial charge >= 0.3 is 0 Å². The Morgan fingerprint density at radius 2 is 2.19 bits per heavy atom. The van der Waals surface area contributed by atoms with E-state index in [4.69, 9.17) is 21.6 Å². The fourth-order valence-electron chi connectivity index (χ4n) is 2.78. The van der Waals surface area contributed by atoms with Gasteiger partial charge in [-0.05, 0) is 19.1 Å². The van der Waals surface area contributed by atoms with Gasteiger partial charge in [-0.15, -0.1) is 0 Å². The fourth-order valence-corrected chi connectivity index (χ4v) is 3.09. The van der Waals surface area contributed by atoms with Crippen LogP contribution in [0.15, 0.2) is 35.3 Å². The number of anilines is 1. The number of ether oxygens (including phenoxy) is 1. The summed E-state index contributed by atoms with van der Waals surface area (Å²) in [6.45, 7) is 1.83. The highest BCUT2D eigenvalue weighted by atomic mass is 35.5. The van der Waals surface area contributed by atoms with Crippen molar-refractivity contribution in [3.05, 3.63) is 57.0 Å². The second-order valence-corrected chi connectivity index (χ2v) is 6.14. The highest BCUT2D eigenvalue weighted by Crippen LogP contribution is 2.25. The molecule has 0 amide bonds. The number of para-hydroxylation sites is 1. The van der Waals surface area contributed by atoms with Crippen LogP contribution in [0.5, 0.6) is 5.88 Å². The molecule has 1 atom stereocenters. The summed E-state index contributed by atoms with van der Waals surface area (Å²) in [5.74, 6) is 0.442. The monoisotopic (exact) mass is 369 g/mol. The molecule has 7 nitrogen and oxygen atoms in total. The smallest absolute Gasteiger partial charge is 0.256 e. The molecule has 3 aromatic rings. The molecule has 2 heterocycles. The van der Waals surface area contributed by atoms with E-state index in [1.165, 1.54) is 17.9 Å². The predicted octanol–water partition coefficient (Wildman–Crippen LogP) is 3.04. The number of benzene rings is 1. The molecule has 0 fully saturated rings. The van der Waals surface area contributed by atoms with E-state index in [0.717, 1.165) is 5.39 Å². The van der Waals surface area contributed by atoms with E-state index in [-0.39, 0.29) is 29.0 Å². The summed E-state index contributed by atoms with van der Waals surface area (Å²) >= 11 is 6.22. The topological polar surface area (TPSA) is 92.8 Å². The number of hydrogen-bond donors (Lipinski definition) is 1. The van der Waals surface area contributed by atoms with Gasteiger partial charge < -0.3 is 14.6 Å². The van der Waals surface area contributed by atoms with Crippen LogP contribution in [0.4, 0.5) is 5.95 Å². The quantitative estimate of drug-likeness (QED) is 0.759. The molecule has 1 N–H and O–H groups in total. The van der Waals surface area contributed by atoms with Gasteiger partial charge in [-0.2, -0.15) is 10.2 Å². The number of hydrogen-bond acceptors (Lipinski definition) is 6. The normalized spacial score (nSPS) is 11.8. The molecule has 1 aromatic carbocycles. The second-order valence-electron chi connectivity index (χ2n) is 5.74. The number of methoxy groups -OCH3 is 1. The molecule has 2 aromatic heterocycles. The second kappa shape index (κ2) is 7.02. The highest BCUT2D eigenvalue weighted by molar-refractivity contribution is 6.35. The van der Waals surface area contributed by atoms with Gasteiger partial charge in [0, 0.05) is 18.0 Å². The Morgan fingerprint density at radius 3 is 2.88 bits per heavy atom. The minimum Gasteiger partial charge on any atom is -0.480 e. The van der Waals surface area contributed by atoms with Crippen LogP contribution >= 0.6 is 11.6 Å². The number of nitriles is 1. The third kappa shape index (κ3) is 3.07. The molecule has 3 rings (SSSR count). The van der Waals surface area contributed by atoms with Crippen molar-refractivity contribution in [2.75, 3.05) is 12.4 Å². The summed E-state index contributed by atoms with van der Waals surface area (Å²) in [6.07, 6.45) is 1.37. The first-order valence-electron chi connectivity index (χ1n) is 7.82. The third-order valence-electron chi connectivity index (χ3n) is 4.10. The van der Waals surface area contributed by atoms with E-state index in [1.807, 2.05) is 31.2 Å². The number of nitrogens with one attached hydrogen (secondary N) is 1. The lowest BCUT2D eigenvalue weighted by Gasteiger charge is -2.17. The molecular formula is C18H16ClN5O2. The Balaban J connectivity index is 2.01. The molecular weight excluding hydrogens is 354 g/mol. The van der Waals surface area contributed by atoms with Crippen molar-refractivity contribution in [1.29, 1.82) is 5.26 Å². The average Bonchev–Trinajstić information content (AvgIpc) is 2.64. The van der Waals surface area contributed by atoms with E-state index in [1.54, 1.807) is 13.1 Å². The van der Waals surface area contributed by atoms with Gasteiger partial charge in [-0.25, -0.2) is 4.98 Å². The Labute approximate surface area is 154 Å². The maximum Gasteiger partial charge on any atom is 0.256 e. The summed E-state index contributed by atoms with van der Waals surface area (Å²) in [5, 5.41) is 13.5. The van der Waals surface area contributed by atoms with E-state index >= 15 is 0 Å². The van der Waals surface area contributed by atoms with E-state index in [0.29, 0.717) is 16.1 Å². The first-order chi connectivity index (χ1) is 12.5. The Kier molecular flexibility index (Phi) is 4.78. The van der Waals surface area contributed by atoms with E-state index < -0.39 is 0 Å². The Hall–Kier alpha value is -3.11. The molecule has 0 aliphatic rings. The number of pyridine rings is 1. The van der Waals surface area contributed by atoms with Crippen LogP contribution in [0.3, 0.4) is 0 Å². The van der Waals surface area contributed by atoms with E-state index in [9.17, 15) is 4.79 Å². The molecule has 132 valence electrons. The van der Waals surface area contributed by atoms with Gasteiger partial charge in [0.1, 0.15) is 11.6 Å². The van der Waals surface area contributed by atoms with Crippen molar-refractivity contribution >= 4 is 28.5 Å². The van der Waals surface area contributed by atoms with Crippen LogP contribution in [-0.4, -0.2) is 21.6 Å². The van der Waals surface area contributed by atoms with Gasteiger partial charge in [0.05, 0.1) is 29.9 Å². The van der Waals surface area contributed by atoms with Gasteiger partial charge in [0.25, 0.3) is 5.56 Å². The zero-order chi connectivity index (χ0) is 18.8. The number of nitrogens with zero attached hydrogens (tertiary/aromatic N) is 4. The number of halogens is 1. The SMILES string of the molecule is COc1nc(N[C@@H](C)c2cc3cccc(Cl)c3n(C)c2=O)ncc1C#N. The molecule has 0 unspecified atom stereocenters. The van der Waals surface area contributed by atoms with Gasteiger partial charge in [0.15, 0.2) is 0 Å². The Bertz CT molecular complexity index is 1090. The maximum atomic E-state index is 12.7. The molecule has 8 heteroatoms. The standard InChI is InChI=1S/C18H16ClN5O2/c1-10(22-18-21-9-12(8-20)16(23-18)26-3)13-7-11-5-4-6-14(19)15(11)24(2)17(13)25/h4-7,9-10H,1-3H3,(H,21,22,23)/t10-/m0/s1. The number of aryl methyl sites for hydroxylation is 1. The van der Waals surface area contributed by atoms with E-state index in [2.05, 4.69) is 15.3 Å². The number of aromatic nitrogens is 3. The molecule has 0 saturated carbocycles. The summed E-state index contributed by atoms with van der Waals surface area (Å²) in [7, 11) is 3.12. The third-order valence-corrected chi connectivity index (χ3v) is 4.40. The first-order valence-corrected chi connectivity index (χ1v) is 8.20. The average molecular weight is 370 g/mol. The lowest BCUT2D eigenvalue weighted by atomic mass is 10.1. The highest BCUT2D eigenvalue weighted by Gasteiger charge is 2.16. The van der Waals surface area contributed by atoms with Gasteiger partial charge in [-0.1, -0.05) is 23.7 Å². The molecule has 0 spiro atoms. The predicted molar refractivity (Wildman–Crippen MR) is 99.5 cm³/mol. The van der Waals surface area contributed by atoms with Crippen molar-refractivity contribution in [2.45, 2.75) is 13.0 Å². The van der Waals surface area contributed by atoms with Crippen LogP contribution in [0.25, 0.3) is 10.9 Å². The maximum absolute atomic E-state index is 12.7. The number of fused-ring (bicyclic) bond motifs is 1. The largest absolute Gasteiger partial charge is 0.480 e. The zero-order valence-corrected chi connectivity index (χ0v) is 15.2. The van der Waals surface area contributed by atoms with Crippen LogP contribution in [0.2, 0.25) is 5.02 Å². The van der Waals surface area contributed by atoms with Crippen molar-refractivity contribution in [3.63, 3.8) is 0 Å².